The Morgan fingerprint density at radius 1 is 0.944 bits per heavy atom. The van der Waals surface area contributed by atoms with Crippen molar-refractivity contribution in [2.45, 2.75) is 25.4 Å². The second-order valence-corrected chi connectivity index (χ2v) is 8.93. The van der Waals surface area contributed by atoms with E-state index >= 15 is 0 Å². The van der Waals surface area contributed by atoms with E-state index < -0.39 is 6.10 Å². The number of hydrogen-bond donors (Lipinski definition) is 2. The minimum absolute atomic E-state index is 0.0143. The zero-order valence-corrected chi connectivity index (χ0v) is 20.6. The molecule has 3 aromatic rings. The number of ether oxygens (including phenoxy) is 1. The Bertz CT molecular complexity index is 1140. The number of nitrogens with one attached hydrogen (secondary N) is 1. The van der Waals surface area contributed by atoms with E-state index in [1.165, 1.54) is 5.56 Å². The molecule has 7 heteroatoms. The average Bonchev–Trinajstić information content (AvgIpc) is 2.93. The summed E-state index contributed by atoms with van der Waals surface area (Å²) >= 11 is 0. The van der Waals surface area contributed by atoms with Gasteiger partial charge in [-0.25, -0.2) is 0 Å². The summed E-state index contributed by atoms with van der Waals surface area (Å²) in [6.07, 6.45) is 0.970. The van der Waals surface area contributed by atoms with Crippen molar-refractivity contribution in [2.24, 2.45) is 0 Å². The number of carbonyl (C=O) groups excluding carboxylic acids is 2. The number of piperazine rings is 1. The van der Waals surface area contributed by atoms with E-state index in [1.807, 2.05) is 42.5 Å². The molecule has 1 aliphatic rings. The summed E-state index contributed by atoms with van der Waals surface area (Å²) < 4.78 is 5.19. The molecule has 3 aromatic carbocycles. The van der Waals surface area contributed by atoms with Crippen LogP contribution in [-0.4, -0.2) is 55.1 Å². The fraction of sp³-hybridized carbons (Fsp3) is 0.310. The number of hydrogen-bond acceptors (Lipinski definition) is 5. The predicted octanol–water partition coefficient (Wildman–Crippen LogP) is 4.04. The summed E-state index contributed by atoms with van der Waals surface area (Å²) in [6, 6.07) is 24.9. The van der Waals surface area contributed by atoms with Crippen molar-refractivity contribution in [3.05, 3.63) is 90.0 Å². The van der Waals surface area contributed by atoms with Crippen LogP contribution in [0.5, 0.6) is 5.75 Å². The van der Waals surface area contributed by atoms with Gasteiger partial charge >= 0.3 is 0 Å². The summed E-state index contributed by atoms with van der Waals surface area (Å²) in [4.78, 5) is 29.0. The van der Waals surface area contributed by atoms with E-state index in [0.717, 1.165) is 24.2 Å². The Balaban J connectivity index is 1.23. The minimum atomic E-state index is -1.21. The van der Waals surface area contributed by atoms with Crippen molar-refractivity contribution >= 4 is 23.2 Å². The third-order valence-electron chi connectivity index (χ3n) is 6.46. The Morgan fingerprint density at radius 3 is 2.36 bits per heavy atom. The molecule has 36 heavy (non-hydrogen) atoms. The zero-order chi connectivity index (χ0) is 25.3. The van der Waals surface area contributed by atoms with E-state index in [9.17, 15) is 14.7 Å². The maximum atomic E-state index is 12.8. The van der Waals surface area contributed by atoms with Crippen LogP contribution in [0.4, 0.5) is 11.4 Å². The van der Waals surface area contributed by atoms with E-state index in [1.54, 1.807) is 36.3 Å². The van der Waals surface area contributed by atoms with E-state index in [4.69, 9.17) is 4.74 Å². The van der Waals surface area contributed by atoms with Crippen molar-refractivity contribution < 1.29 is 19.4 Å². The highest BCUT2D eigenvalue weighted by Gasteiger charge is 2.27. The molecular formula is C29H33N3O4. The number of carbonyl (C=O) groups is 2. The number of aliphatic hydroxyl groups is 1. The molecule has 0 saturated carbocycles. The van der Waals surface area contributed by atoms with Crippen LogP contribution in [0.25, 0.3) is 0 Å². The van der Waals surface area contributed by atoms with Crippen LogP contribution in [0.2, 0.25) is 0 Å². The summed E-state index contributed by atoms with van der Waals surface area (Å²) in [6.45, 7) is 2.39. The molecule has 4 rings (SSSR count). The fourth-order valence-electron chi connectivity index (χ4n) is 4.39. The van der Waals surface area contributed by atoms with Gasteiger partial charge in [0.05, 0.1) is 7.11 Å². The molecule has 7 nitrogen and oxygen atoms in total. The smallest absolute Gasteiger partial charge is 0.256 e. The predicted molar refractivity (Wildman–Crippen MR) is 141 cm³/mol. The van der Waals surface area contributed by atoms with Crippen LogP contribution in [0.15, 0.2) is 78.9 Å². The third kappa shape index (κ3) is 6.64. The van der Waals surface area contributed by atoms with E-state index in [-0.39, 0.29) is 11.8 Å². The highest BCUT2D eigenvalue weighted by molar-refractivity contribution is 5.90. The van der Waals surface area contributed by atoms with Gasteiger partial charge in [-0.05, 0) is 60.4 Å². The summed E-state index contributed by atoms with van der Waals surface area (Å²) in [5.41, 5.74) is 3.59. The molecule has 0 radical (unpaired) electrons. The van der Waals surface area contributed by atoms with Gasteiger partial charge in [0.2, 0.25) is 5.91 Å². The minimum Gasteiger partial charge on any atom is -0.497 e. The molecule has 1 unspecified atom stereocenters. The Kier molecular flexibility index (Phi) is 8.57. The number of methoxy groups -OCH3 is 1. The highest BCUT2D eigenvalue weighted by Crippen LogP contribution is 2.23. The highest BCUT2D eigenvalue weighted by atomic mass is 16.5. The monoisotopic (exact) mass is 487 g/mol. The van der Waals surface area contributed by atoms with Crippen molar-refractivity contribution in [1.82, 2.24) is 4.90 Å². The first-order valence-electron chi connectivity index (χ1n) is 12.3. The Morgan fingerprint density at radius 2 is 1.67 bits per heavy atom. The van der Waals surface area contributed by atoms with E-state index in [0.29, 0.717) is 43.9 Å². The molecule has 2 N–H and O–H groups in total. The lowest BCUT2D eigenvalue weighted by molar-refractivity contribution is -0.140. The SMILES string of the molecule is COc1cccc(C(O)C(=O)N2CCN(c3ccc(NC(=O)CCCc4ccccc4)cc3)CC2)c1. The third-order valence-corrected chi connectivity index (χ3v) is 6.46. The molecule has 2 amide bonds. The number of rotatable bonds is 9. The number of aliphatic hydroxyl groups excluding tert-OH is 1. The standard InChI is InChI=1S/C29H33N3O4/c1-36-26-11-6-10-23(21-26)28(34)29(35)32-19-17-31(18-20-32)25-15-13-24(14-16-25)30-27(33)12-5-9-22-7-3-2-4-8-22/h2-4,6-8,10-11,13-16,21,28,34H,5,9,12,17-20H2,1H3,(H,30,33). The van der Waals surface area contributed by atoms with Gasteiger partial charge in [0.15, 0.2) is 6.10 Å². The number of aryl methyl sites for hydroxylation is 1. The molecule has 1 fully saturated rings. The molecular weight excluding hydrogens is 454 g/mol. The van der Waals surface area contributed by atoms with Crippen LogP contribution in [0, 0.1) is 0 Å². The summed E-state index contributed by atoms with van der Waals surface area (Å²) in [7, 11) is 1.56. The van der Waals surface area contributed by atoms with Crippen LogP contribution >= 0.6 is 0 Å². The topological polar surface area (TPSA) is 82.1 Å². The number of anilines is 2. The molecule has 1 atom stereocenters. The average molecular weight is 488 g/mol. The maximum absolute atomic E-state index is 12.8. The van der Waals surface area contributed by atoms with Gasteiger partial charge in [-0.3, -0.25) is 9.59 Å². The normalized spacial score (nSPS) is 14.3. The van der Waals surface area contributed by atoms with Gasteiger partial charge in [-0.15, -0.1) is 0 Å². The summed E-state index contributed by atoms with van der Waals surface area (Å²) in [5.74, 6) is 0.324. The lowest BCUT2D eigenvalue weighted by atomic mass is 10.1. The molecule has 0 aromatic heterocycles. The Hall–Kier alpha value is -3.84. The van der Waals surface area contributed by atoms with Gasteiger partial charge < -0.3 is 25.0 Å². The molecule has 188 valence electrons. The first-order chi connectivity index (χ1) is 17.5. The first kappa shape index (κ1) is 25.3. The van der Waals surface area contributed by atoms with Gasteiger partial charge in [0.25, 0.3) is 5.91 Å². The quantitative estimate of drug-likeness (QED) is 0.476. The van der Waals surface area contributed by atoms with Gasteiger partial charge in [0, 0.05) is 44.0 Å². The summed E-state index contributed by atoms with van der Waals surface area (Å²) in [5, 5.41) is 13.5. The lowest BCUT2D eigenvalue weighted by Crippen LogP contribution is -2.50. The zero-order valence-electron chi connectivity index (χ0n) is 20.6. The van der Waals surface area contributed by atoms with Crippen LogP contribution in [-0.2, 0) is 16.0 Å². The lowest BCUT2D eigenvalue weighted by Gasteiger charge is -2.37. The van der Waals surface area contributed by atoms with Crippen LogP contribution in [0.3, 0.4) is 0 Å². The van der Waals surface area contributed by atoms with Gasteiger partial charge in [0.1, 0.15) is 5.75 Å². The number of benzene rings is 3. The van der Waals surface area contributed by atoms with Crippen molar-refractivity contribution in [2.75, 3.05) is 43.5 Å². The molecule has 0 spiro atoms. The number of amides is 2. The molecule has 0 bridgehead atoms. The number of nitrogens with zero attached hydrogens (tertiary/aromatic N) is 2. The van der Waals surface area contributed by atoms with Crippen molar-refractivity contribution in [1.29, 1.82) is 0 Å². The first-order valence-corrected chi connectivity index (χ1v) is 12.3. The Labute approximate surface area is 212 Å². The van der Waals surface area contributed by atoms with Gasteiger partial charge in [-0.2, -0.15) is 0 Å². The van der Waals surface area contributed by atoms with E-state index in [2.05, 4.69) is 22.3 Å². The van der Waals surface area contributed by atoms with Gasteiger partial charge in [-0.1, -0.05) is 42.5 Å². The fourth-order valence-corrected chi connectivity index (χ4v) is 4.39. The second kappa shape index (κ2) is 12.2. The van der Waals surface area contributed by atoms with Crippen molar-refractivity contribution in [3.63, 3.8) is 0 Å². The van der Waals surface area contributed by atoms with Crippen LogP contribution in [0.1, 0.15) is 30.1 Å². The maximum Gasteiger partial charge on any atom is 0.256 e. The molecule has 1 heterocycles. The molecule has 1 aliphatic heterocycles. The largest absolute Gasteiger partial charge is 0.497 e. The second-order valence-electron chi connectivity index (χ2n) is 8.93. The molecule has 1 saturated heterocycles. The van der Waals surface area contributed by atoms with Crippen molar-refractivity contribution in [3.8, 4) is 5.75 Å². The molecule has 0 aliphatic carbocycles. The van der Waals surface area contributed by atoms with Crippen LogP contribution < -0.4 is 15.0 Å².